The molecule has 0 aliphatic heterocycles. The molecule has 3 nitrogen and oxygen atoms in total. The second kappa shape index (κ2) is 6.87. The molecule has 18 heavy (non-hydrogen) atoms. The largest absolute Gasteiger partial charge is 0.494 e. The maximum atomic E-state index is 5.60. The molecule has 1 aromatic heterocycles. The second-order valence-electron chi connectivity index (χ2n) is 4.20. The van der Waals surface area contributed by atoms with Crippen LogP contribution in [0.5, 0.6) is 5.75 Å². The van der Waals surface area contributed by atoms with Crippen molar-refractivity contribution in [3.63, 3.8) is 0 Å². The van der Waals surface area contributed by atoms with Crippen molar-refractivity contribution in [3.8, 4) is 5.75 Å². The fraction of sp³-hybridized carbons (Fsp3) is 0.333. The first-order valence-corrected chi connectivity index (χ1v) is 6.28. The van der Waals surface area contributed by atoms with Crippen LogP contribution in [-0.4, -0.2) is 13.2 Å². The van der Waals surface area contributed by atoms with Crippen LogP contribution in [-0.2, 0) is 6.54 Å². The van der Waals surface area contributed by atoms with Gasteiger partial charge in [0.15, 0.2) is 0 Å². The van der Waals surface area contributed by atoms with Crippen LogP contribution in [0.15, 0.2) is 46.9 Å². The molecule has 0 atom stereocenters. The van der Waals surface area contributed by atoms with Crippen molar-refractivity contribution in [3.05, 3.63) is 54.0 Å². The summed E-state index contributed by atoms with van der Waals surface area (Å²) in [6.45, 7) is 4.39. The maximum Gasteiger partial charge on any atom is 0.119 e. The number of nitrogens with one attached hydrogen (secondary N) is 1. The van der Waals surface area contributed by atoms with Crippen molar-refractivity contribution in [2.24, 2.45) is 0 Å². The van der Waals surface area contributed by atoms with E-state index in [1.54, 1.807) is 0 Å². The second-order valence-corrected chi connectivity index (χ2v) is 4.20. The van der Waals surface area contributed by atoms with E-state index in [4.69, 9.17) is 9.15 Å². The van der Waals surface area contributed by atoms with E-state index in [1.165, 1.54) is 0 Å². The quantitative estimate of drug-likeness (QED) is 0.761. The molecule has 3 heteroatoms. The number of hydrogen-bond donors (Lipinski definition) is 1. The molecule has 96 valence electrons. The van der Waals surface area contributed by atoms with Gasteiger partial charge in [-0.15, -0.1) is 0 Å². The predicted octanol–water partition coefficient (Wildman–Crippen LogP) is 3.15. The van der Waals surface area contributed by atoms with E-state index in [0.717, 1.165) is 43.4 Å². The molecule has 2 aromatic rings. The number of aryl methyl sites for hydroxylation is 1. The molecule has 0 radical (unpaired) electrons. The highest BCUT2D eigenvalue weighted by Gasteiger charge is 1.97. The van der Waals surface area contributed by atoms with Gasteiger partial charge in [0.1, 0.15) is 17.3 Å². The summed E-state index contributed by atoms with van der Waals surface area (Å²) >= 11 is 0. The van der Waals surface area contributed by atoms with E-state index in [1.807, 2.05) is 49.4 Å². The highest BCUT2D eigenvalue weighted by atomic mass is 16.5. The van der Waals surface area contributed by atoms with Crippen molar-refractivity contribution < 1.29 is 9.15 Å². The van der Waals surface area contributed by atoms with Crippen LogP contribution in [0, 0.1) is 6.92 Å². The lowest BCUT2D eigenvalue weighted by atomic mass is 10.3. The lowest BCUT2D eigenvalue weighted by molar-refractivity contribution is 0.307. The number of para-hydroxylation sites is 1. The Kier molecular flexibility index (Phi) is 4.85. The minimum absolute atomic E-state index is 0.730. The normalized spacial score (nSPS) is 10.5. The Morgan fingerprint density at radius 1 is 1.11 bits per heavy atom. The highest BCUT2D eigenvalue weighted by Crippen LogP contribution is 2.08. The zero-order valence-electron chi connectivity index (χ0n) is 10.7. The molecule has 1 heterocycles. The smallest absolute Gasteiger partial charge is 0.119 e. The van der Waals surface area contributed by atoms with E-state index in [9.17, 15) is 0 Å². The SMILES string of the molecule is Cc1ccc(CNCCCOc2ccccc2)o1. The van der Waals surface area contributed by atoms with Gasteiger partial charge >= 0.3 is 0 Å². The van der Waals surface area contributed by atoms with Crippen LogP contribution < -0.4 is 10.1 Å². The molecule has 2 rings (SSSR count). The van der Waals surface area contributed by atoms with Crippen LogP contribution in [0.25, 0.3) is 0 Å². The summed E-state index contributed by atoms with van der Waals surface area (Å²) in [5.41, 5.74) is 0. The third-order valence-corrected chi connectivity index (χ3v) is 2.61. The van der Waals surface area contributed by atoms with Gasteiger partial charge in [-0.1, -0.05) is 18.2 Å². The Morgan fingerprint density at radius 3 is 2.67 bits per heavy atom. The van der Waals surface area contributed by atoms with Gasteiger partial charge in [-0.05, 0) is 44.2 Å². The third-order valence-electron chi connectivity index (χ3n) is 2.61. The van der Waals surface area contributed by atoms with Gasteiger partial charge < -0.3 is 14.5 Å². The van der Waals surface area contributed by atoms with Crippen molar-refractivity contribution in [2.75, 3.05) is 13.2 Å². The summed E-state index contributed by atoms with van der Waals surface area (Å²) in [6, 6.07) is 13.9. The molecule has 0 unspecified atom stereocenters. The molecular formula is C15H19NO2. The molecule has 0 aliphatic rings. The fourth-order valence-corrected chi connectivity index (χ4v) is 1.70. The summed E-state index contributed by atoms with van der Waals surface area (Å²) in [6.07, 6.45) is 0.981. The molecule has 1 N–H and O–H groups in total. The van der Waals surface area contributed by atoms with Gasteiger partial charge in [-0.2, -0.15) is 0 Å². The van der Waals surface area contributed by atoms with Crippen LogP contribution in [0.3, 0.4) is 0 Å². The van der Waals surface area contributed by atoms with Crippen LogP contribution in [0.2, 0.25) is 0 Å². The van der Waals surface area contributed by atoms with E-state index >= 15 is 0 Å². The van der Waals surface area contributed by atoms with E-state index < -0.39 is 0 Å². The fourth-order valence-electron chi connectivity index (χ4n) is 1.70. The minimum Gasteiger partial charge on any atom is -0.494 e. The minimum atomic E-state index is 0.730. The molecule has 0 aliphatic carbocycles. The number of benzene rings is 1. The molecule has 0 fully saturated rings. The summed E-state index contributed by atoms with van der Waals surface area (Å²) in [5.74, 6) is 2.87. The molecule has 0 spiro atoms. The van der Waals surface area contributed by atoms with Gasteiger partial charge in [-0.25, -0.2) is 0 Å². The monoisotopic (exact) mass is 245 g/mol. The van der Waals surface area contributed by atoms with E-state index in [0.29, 0.717) is 0 Å². The lowest BCUT2D eigenvalue weighted by Crippen LogP contribution is -2.16. The number of ether oxygens (including phenoxy) is 1. The average molecular weight is 245 g/mol. The average Bonchev–Trinajstić information content (AvgIpc) is 2.81. The molecular weight excluding hydrogens is 226 g/mol. The Balaban J connectivity index is 1.54. The van der Waals surface area contributed by atoms with Crippen molar-refractivity contribution >= 4 is 0 Å². The van der Waals surface area contributed by atoms with Crippen LogP contribution in [0.4, 0.5) is 0 Å². The first kappa shape index (κ1) is 12.7. The lowest BCUT2D eigenvalue weighted by Gasteiger charge is -2.06. The van der Waals surface area contributed by atoms with E-state index in [2.05, 4.69) is 5.32 Å². The van der Waals surface area contributed by atoms with Gasteiger partial charge in [-0.3, -0.25) is 0 Å². The predicted molar refractivity (Wildman–Crippen MR) is 71.7 cm³/mol. The highest BCUT2D eigenvalue weighted by molar-refractivity contribution is 5.20. The van der Waals surface area contributed by atoms with Crippen LogP contribution >= 0.6 is 0 Å². The van der Waals surface area contributed by atoms with Gasteiger partial charge in [0.2, 0.25) is 0 Å². The topological polar surface area (TPSA) is 34.4 Å². The molecule has 0 saturated heterocycles. The van der Waals surface area contributed by atoms with Gasteiger partial charge in [0, 0.05) is 0 Å². The number of furan rings is 1. The molecule has 0 amide bonds. The van der Waals surface area contributed by atoms with Crippen molar-refractivity contribution in [1.29, 1.82) is 0 Å². The van der Waals surface area contributed by atoms with Crippen molar-refractivity contribution in [2.45, 2.75) is 19.9 Å². The van der Waals surface area contributed by atoms with Gasteiger partial charge in [0.05, 0.1) is 13.2 Å². The summed E-state index contributed by atoms with van der Waals surface area (Å²) < 4.78 is 11.1. The number of rotatable bonds is 7. The third kappa shape index (κ3) is 4.26. The first-order chi connectivity index (χ1) is 8.84. The summed E-state index contributed by atoms with van der Waals surface area (Å²) in [4.78, 5) is 0. The van der Waals surface area contributed by atoms with Crippen molar-refractivity contribution in [1.82, 2.24) is 5.32 Å². The summed E-state index contributed by atoms with van der Waals surface area (Å²) in [7, 11) is 0. The Hall–Kier alpha value is -1.74. The Bertz CT molecular complexity index is 451. The molecule has 0 saturated carbocycles. The summed E-state index contributed by atoms with van der Waals surface area (Å²) in [5, 5.41) is 3.33. The van der Waals surface area contributed by atoms with Crippen LogP contribution in [0.1, 0.15) is 17.9 Å². The Morgan fingerprint density at radius 2 is 1.94 bits per heavy atom. The zero-order chi connectivity index (χ0) is 12.6. The molecule has 1 aromatic carbocycles. The maximum absolute atomic E-state index is 5.60. The Labute approximate surface area is 108 Å². The molecule has 0 bridgehead atoms. The standard InChI is InChI=1S/C15H19NO2/c1-13-8-9-15(18-13)12-16-10-5-11-17-14-6-3-2-4-7-14/h2-4,6-9,16H,5,10-12H2,1H3. The van der Waals surface area contributed by atoms with Gasteiger partial charge in [0.25, 0.3) is 0 Å². The number of hydrogen-bond acceptors (Lipinski definition) is 3. The zero-order valence-corrected chi connectivity index (χ0v) is 10.7. The first-order valence-electron chi connectivity index (χ1n) is 6.28. The van der Waals surface area contributed by atoms with E-state index in [-0.39, 0.29) is 0 Å².